The van der Waals surface area contributed by atoms with Crippen molar-refractivity contribution < 1.29 is 26.7 Å². The van der Waals surface area contributed by atoms with Gasteiger partial charge in [0.15, 0.2) is 9.84 Å². The third kappa shape index (κ3) is 3.06. The number of carboxylic acid groups (broad SMARTS) is 1. The van der Waals surface area contributed by atoms with Crippen molar-refractivity contribution in [3.63, 3.8) is 0 Å². The second-order valence-corrected chi connectivity index (χ2v) is 10.2. The molecule has 2 saturated heterocycles. The van der Waals surface area contributed by atoms with Crippen molar-refractivity contribution in [1.82, 2.24) is 4.72 Å². The summed E-state index contributed by atoms with van der Waals surface area (Å²) in [4.78, 5) is 11.3. The van der Waals surface area contributed by atoms with Gasteiger partial charge in [0.2, 0.25) is 10.0 Å². The van der Waals surface area contributed by atoms with Gasteiger partial charge >= 0.3 is 5.97 Å². The molecule has 0 aliphatic carbocycles. The van der Waals surface area contributed by atoms with Crippen molar-refractivity contribution in [3.05, 3.63) is 0 Å². The monoisotopic (exact) mass is 329 g/mol. The second kappa shape index (κ2) is 4.90. The van der Waals surface area contributed by atoms with Crippen molar-refractivity contribution in [3.8, 4) is 0 Å². The maximum atomic E-state index is 12.1. The van der Waals surface area contributed by atoms with E-state index in [4.69, 9.17) is 0 Å². The minimum atomic E-state index is -3.94. The lowest BCUT2D eigenvalue weighted by molar-refractivity contribution is -0.142. The Morgan fingerprint density at radius 3 is 2.53 bits per heavy atom. The van der Waals surface area contributed by atoms with Crippen LogP contribution >= 0.6 is 11.8 Å². The zero-order chi connectivity index (χ0) is 14.3. The number of hydrogen-bond acceptors (Lipinski definition) is 6. The molecule has 2 fully saturated rings. The van der Waals surface area contributed by atoms with E-state index in [0.29, 0.717) is 5.75 Å². The van der Waals surface area contributed by atoms with Crippen LogP contribution in [-0.4, -0.2) is 61.7 Å². The van der Waals surface area contributed by atoms with Gasteiger partial charge in [-0.2, -0.15) is 16.5 Å². The molecular weight excluding hydrogens is 314 g/mol. The van der Waals surface area contributed by atoms with E-state index in [1.165, 1.54) is 11.8 Å². The highest BCUT2D eigenvalue weighted by atomic mass is 32.2. The van der Waals surface area contributed by atoms with E-state index in [0.717, 1.165) is 0 Å². The molecule has 0 aromatic heterocycles. The third-order valence-electron chi connectivity index (χ3n) is 3.40. The highest BCUT2D eigenvalue weighted by Crippen LogP contribution is 2.30. The molecule has 2 heterocycles. The number of carbonyl (C=O) groups is 1. The SMILES string of the molecule is O=C(O)C1(NS(=O)(=O)C2CCS(=O)(=O)C2)CCSC1. The standard InChI is InChI=1S/C9H15NO6S3/c11-8(12)9(2-3-17-6-9)10-19(15,16)7-1-4-18(13,14)5-7/h7,10H,1-6H2,(H,11,12). The van der Waals surface area contributed by atoms with Crippen LogP contribution in [0.3, 0.4) is 0 Å². The number of rotatable bonds is 4. The number of sulfone groups is 1. The number of aliphatic carboxylic acids is 1. The minimum absolute atomic E-state index is 0.0283. The lowest BCUT2D eigenvalue weighted by atomic mass is 10.0. The number of sulfonamides is 1. The second-order valence-electron chi connectivity index (χ2n) is 4.86. The van der Waals surface area contributed by atoms with Gasteiger partial charge < -0.3 is 5.11 Å². The van der Waals surface area contributed by atoms with Crippen LogP contribution in [0.25, 0.3) is 0 Å². The summed E-state index contributed by atoms with van der Waals surface area (Å²) in [7, 11) is -7.27. The molecule has 0 saturated carbocycles. The molecule has 2 atom stereocenters. The van der Waals surface area contributed by atoms with Crippen LogP contribution in [0.5, 0.6) is 0 Å². The van der Waals surface area contributed by atoms with Crippen molar-refractivity contribution in [2.45, 2.75) is 23.6 Å². The summed E-state index contributed by atoms with van der Waals surface area (Å²) < 4.78 is 49.2. The van der Waals surface area contributed by atoms with E-state index < -0.39 is 42.4 Å². The molecule has 110 valence electrons. The van der Waals surface area contributed by atoms with Crippen LogP contribution < -0.4 is 4.72 Å². The first-order valence-corrected chi connectivity index (χ1v) is 10.2. The smallest absolute Gasteiger partial charge is 0.325 e. The first kappa shape index (κ1) is 15.1. The zero-order valence-electron chi connectivity index (χ0n) is 10.0. The van der Waals surface area contributed by atoms with Crippen LogP contribution in [0, 0.1) is 0 Å². The highest BCUT2D eigenvalue weighted by molar-refractivity contribution is 7.99. The maximum absolute atomic E-state index is 12.1. The van der Waals surface area contributed by atoms with E-state index >= 15 is 0 Å². The predicted molar refractivity (Wildman–Crippen MR) is 71.4 cm³/mol. The molecule has 2 N–H and O–H groups in total. The zero-order valence-corrected chi connectivity index (χ0v) is 12.5. The Hall–Kier alpha value is -0.320. The van der Waals surface area contributed by atoms with Gasteiger partial charge in [-0.05, 0) is 18.6 Å². The molecule has 0 radical (unpaired) electrons. The van der Waals surface area contributed by atoms with Gasteiger partial charge in [0.1, 0.15) is 5.54 Å². The maximum Gasteiger partial charge on any atom is 0.325 e. The van der Waals surface area contributed by atoms with Crippen LogP contribution in [0.2, 0.25) is 0 Å². The number of thioether (sulfide) groups is 1. The van der Waals surface area contributed by atoms with E-state index in [2.05, 4.69) is 4.72 Å². The van der Waals surface area contributed by atoms with Gasteiger partial charge in [0, 0.05) is 5.75 Å². The molecule has 0 bridgehead atoms. The largest absolute Gasteiger partial charge is 0.480 e. The summed E-state index contributed by atoms with van der Waals surface area (Å²) in [5.74, 6) is -1.06. The molecule has 0 aromatic carbocycles. The Balaban J connectivity index is 2.19. The first-order chi connectivity index (χ1) is 8.67. The molecule has 0 amide bonds. The normalized spacial score (nSPS) is 34.4. The van der Waals surface area contributed by atoms with Gasteiger partial charge in [0.05, 0.1) is 16.8 Å². The average molecular weight is 329 g/mol. The quantitative estimate of drug-likeness (QED) is 0.683. The number of carboxylic acids is 1. The molecule has 2 rings (SSSR count). The Labute approximate surface area is 116 Å². The molecule has 2 aliphatic rings. The lowest BCUT2D eigenvalue weighted by Gasteiger charge is -2.26. The minimum Gasteiger partial charge on any atom is -0.480 e. The summed E-state index contributed by atoms with van der Waals surface area (Å²) in [6.45, 7) is 0. The fraction of sp³-hybridized carbons (Fsp3) is 0.889. The molecule has 2 aliphatic heterocycles. The van der Waals surface area contributed by atoms with Gasteiger partial charge in [-0.15, -0.1) is 0 Å². The molecule has 10 heteroatoms. The van der Waals surface area contributed by atoms with Gasteiger partial charge in [-0.3, -0.25) is 4.79 Å². The van der Waals surface area contributed by atoms with E-state index in [1.807, 2.05) is 0 Å². The topological polar surface area (TPSA) is 118 Å². The van der Waals surface area contributed by atoms with Gasteiger partial charge in [-0.1, -0.05) is 0 Å². The van der Waals surface area contributed by atoms with Crippen molar-refractivity contribution in [1.29, 1.82) is 0 Å². The Kier molecular flexibility index (Phi) is 3.89. The Bertz CT molecular complexity index is 575. The summed E-state index contributed by atoms with van der Waals surface area (Å²) in [6.07, 6.45) is 0.242. The van der Waals surface area contributed by atoms with Crippen molar-refractivity contribution in [2.24, 2.45) is 0 Å². The van der Waals surface area contributed by atoms with Crippen LogP contribution in [0.4, 0.5) is 0 Å². The Morgan fingerprint density at radius 1 is 1.42 bits per heavy atom. The number of nitrogens with one attached hydrogen (secondary N) is 1. The molecule has 2 unspecified atom stereocenters. The van der Waals surface area contributed by atoms with Crippen molar-refractivity contribution in [2.75, 3.05) is 23.0 Å². The Morgan fingerprint density at radius 2 is 2.11 bits per heavy atom. The van der Waals surface area contributed by atoms with E-state index in [9.17, 15) is 26.7 Å². The van der Waals surface area contributed by atoms with Crippen LogP contribution in [-0.2, 0) is 24.7 Å². The van der Waals surface area contributed by atoms with Gasteiger partial charge in [-0.25, -0.2) is 16.8 Å². The highest BCUT2D eigenvalue weighted by Gasteiger charge is 2.48. The number of hydrogen-bond donors (Lipinski definition) is 2. The molecule has 19 heavy (non-hydrogen) atoms. The summed E-state index contributed by atoms with van der Waals surface area (Å²) >= 11 is 1.37. The first-order valence-electron chi connectivity index (χ1n) is 5.71. The molecule has 0 aromatic rings. The summed E-state index contributed by atoms with van der Waals surface area (Å²) in [5.41, 5.74) is -1.49. The van der Waals surface area contributed by atoms with Crippen LogP contribution in [0.1, 0.15) is 12.8 Å². The fourth-order valence-corrected chi connectivity index (χ4v) is 8.07. The lowest BCUT2D eigenvalue weighted by Crippen LogP contribution is -2.56. The predicted octanol–water partition coefficient (Wildman–Crippen LogP) is -0.947. The molecule has 7 nitrogen and oxygen atoms in total. The van der Waals surface area contributed by atoms with E-state index in [-0.39, 0.29) is 24.3 Å². The van der Waals surface area contributed by atoms with E-state index in [1.54, 1.807) is 0 Å². The third-order valence-corrected chi connectivity index (χ3v) is 8.52. The van der Waals surface area contributed by atoms with Crippen LogP contribution in [0.15, 0.2) is 0 Å². The average Bonchev–Trinajstić information content (AvgIpc) is 2.85. The summed E-state index contributed by atoms with van der Waals surface area (Å²) in [6, 6.07) is 0. The van der Waals surface area contributed by atoms with Crippen molar-refractivity contribution >= 4 is 37.6 Å². The molecule has 0 spiro atoms. The summed E-state index contributed by atoms with van der Waals surface area (Å²) in [5, 5.41) is 8.17. The van der Waals surface area contributed by atoms with Gasteiger partial charge in [0.25, 0.3) is 0 Å². The molecular formula is C9H15NO6S3. The fourth-order valence-electron chi connectivity index (χ4n) is 2.22.